The van der Waals surface area contributed by atoms with Gasteiger partial charge in [0.25, 0.3) is 0 Å². The van der Waals surface area contributed by atoms with Crippen LogP contribution >= 0.6 is 11.9 Å². The lowest BCUT2D eigenvalue weighted by molar-refractivity contribution is 0.412. The summed E-state index contributed by atoms with van der Waals surface area (Å²) in [5.41, 5.74) is 0.535. The first-order valence-corrected chi connectivity index (χ1v) is 4.57. The minimum atomic E-state index is -0.627. The van der Waals surface area contributed by atoms with Gasteiger partial charge in [0.05, 0.1) is 11.5 Å². The molecule has 2 rings (SSSR count). The van der Waals surface area contributed by atoms with Crippen LogP contribution in [0.15, 0.2) is 17.0 Å². The van der Waals surface area contributed by atoms with Crippen molar-refractivity contribution in [2.75, 3.05) is 6.61 Å². The van der Waals surface area contributed by atoms with E-state index in [-0.39, 0.29) is 11.0 Å². The first-order chi connectivity index (χ1) is 6.22. The lowest BCUT2D eigenvalue weighted by atomic mass is 10.1. The van der Waals surface area contributed by atoms with E-state index in [0.29, 0.717) is 24.1 Å². The molecule has 0 amide bonds. The van der Waals surface area contributed by atoms with Crippen LogP contribution in [0.3, 0.4) is 0 Å². The van der Waals surface area contributed by atoms with Gasteiger partial charge in [0, 0.05) is 0 Å². The van der Waals surface area contributed by atoms with Gasteiger partial charge in [-0.15, -0.1) is 0 Å². The highest BCUT2D eigenvalue weighted by molar-refractivity contribution is 7.97. The molecule has 13 heavy (non-hydrogen) atoms. The van der Waals surface area contributed by atoms with Gasteiger partial charge in [0.1, 0.15) is 17.7 Å². The SMILES string of the molecule is NSc1c(F)cc(C2CO2)cc1F. The van der Waals surface area contributed by atoms with Gasteiger partial charge >= 0.3 is 0 Å². The fourth-order valence-electron chi connectivity index (χ4n) is 1.12. The zero-order valence-electron chi connectivity index (χ0n) is 6.59. The van der Waals surface area contributed by atoms with Gasteiger partial charge in [-0.05, 0) is 29.6 Å². The summed E-state index contributed by atoms with van der Waals surface area (Å²) in [6.07, 6.45) is -0.138. The molecule has 1 saturated heterocycles. The van der Waals surface area contributed by atoms with Crippen LogP contribution < -0.4 is 5.14 Å². The standard InChI is InChI=1S/C8H7F2NOS/c9-5-1-4(7-3-12-7)2-6(10)8(5)13-11/h1-2,7H,3,11H2. The van der Waals surface area contributed by atoms with Crippen LogP contribution in [0.1, 0.15) is 11.7 Å². The molecule has 5 heteroatoms. The largest absolute Gasteiger partial charge is 0.368 e. The number of rotatable bonds is 2. The summed E-state index contributed by atoms with van der Waals surface area (Å²) in [4.78, 5) is -0.149. The third-order valence-corrected chi connectivity index (χ3v) is 2.47. The number of nitrogens with two attached hydrogens (primary N) is 1. The maximum absolute atomic E-state index is 13.1. The van der Waals surface area contributed by atoms with Crippen molar-refractivity contribution >= 4 is 11.9 Å². The number of hydrogen-bond acceptors (Lipinski definition) is 3. The third kappa shape index (κ3) is 1.67. The van der Waals surface area contributed by atoms with Crippen LogP contribution in [0.5, 0.6) is 0 Å². The van der Waals surface area contributed by atoms with E-state index < -0.39 is 11.6 Å². The lowest BCUT2D eigenvalue weighted by Crippen LogP contribution is -1.94. The Bertz CT molecular complexity index is 318. The zero-order chi connectivity index (χ0) is 9.42. The average Bonchev–Trinajstić information content (AvgIpc) is 2.85. The second kappa shape index (κ2) is 3.25. The fourth-order valence-corrected chi connectivity index (χ4v) is 1.46. The summed E-state index contributed by atoms with van der Waals surface area (Å²) in [7, 11) is 0. The second-order valence-corrected chi connectivity index (χ2v) is 3.40. The minimum absolute atomic E-state index is 0.138. The van der Waals surface area contributed by atoms with Crippen molar-refractivity contribution in [3.8, 4) is 0 Å². The van der Waals surface area contributed by atoms with Crippen molar-refractivity contribution in [2.45, 2.75) is 11.0 Å². The van der Waals surface area contributed by atoms with Crippen LogP contribution in [0.4, 0.5) is 8.78 Å². The molecule has 0 saturated carbocycles. The predicted molar refractivity (Wildman–Crippen MR) is 45.1 cm³/mol. The molecule has 1 fully saturated rings. The molecule has 0 aliphatic carbocycles. The summed E-state index contributed by atoms with van der Waals surface area (Å²) >= 11 is 0.572. The monoisotopic (exact) mass is 203 g/mol. The highest BCUT2D eigenvalue weighted by atomic mass is 32.2. The lowest BCUT2D eigenvalue weighted by Gasteiger charge is -2.02. The van der Waals surface area contributed by atoms with Crippen molar-refractivity contribution in [3.05, 3.63) is 29.3 Å². The Morgan fingerprint density at radius 1 is 1.38 bits per heavy atom. The van der Waals surface area contributed by atoms with Gasteiger partial charge in [-0.1, -0.05) is 0 Å². The normalized spacial score (nSPS) is 20.4. The molecule has 1 aliphatic rings. The van der Waals surface area contributed by atoms with Crippen LogP contribution in [0, 0.1) is 11.6 Å². The Hall–Kier alpha value is -0.650. The fraction of sp³-hybridized carbons (Fsp3) is 0.250. The van der Waals surface area contributed by atoms with E-state index in [4.69, 9.17) is 9.88 Å². The molecular formula is C8H7F2NOS. The molecule has 1 unspecified atom stereocenters. The molecule has 1 heterocycles. The van der Waals surface area contributed by atoms with E-state index in [1.807, 2.05) is 0 Å². The quantitative estimate of drug-likeness (QED) is 0.590. The molecule has 0 bridgehead atoms. The summed E-state index contributed by atoms with van der Waals surface area (Å²) in [6, 6.07) is 2.52. The van der Waals surface area contributed by atoms with Crippen molar-refractivity contribution < 1.29 is 13.5 Å². The highest BCUT2D eigenvalue weighted by Gasteiger charge is 2.26. The Balaban J connectivity index is 2.42. The molecule has 2 nitrogen and oxygen atoms in total. The number of hydrogen-bond donors (Lipinski definition) is 1. The molecule has 2 N–H and O–H groups in total. The molecular weight excluding hydrogens is 196 g/mol. The van der Waals surface area contributed by atoms with E-state index in [0.717, 1.165) is 0 Å². The predicted octanol–water partition coefficient (Wildman–Crippen LogP) is 2.00. The van der Waals surface area contributed by atoms with Crippen LogP contribution in [0.2, 0.25) is 0 Å². The van der Waals surface area contributed by atoms with Crippen molar-refractivity contribution in [2.24, 2.45) is 5.14 Å². The topological polar surface area (TPSA) is 38.5 Å². The van der Waals surface area contributed by atoms with Crippen LogP contribution in [0.25, 0.3) is 0 Å². The first-order valence-electron chi connectivity index (χ1n) is 3.69. The smallest absolute Gasteiger partial charge is 0.141 e. The number of ether oxygens (including phenoxy) is 1. The van der Waals surface area contributed by atoms with E-state index in [1.165, 1.54) is 12.1 Å². The first kappa shape index (κ1) is 8.93. The van der Waals surface area contributed by atoms with Crippen molar-refractivity contribution in [1.29, 1.82) is 0 Å². The minimum Gasteiger partial charge on any atom is -0.368 e. The van der Waals surface area contributed by atoms with Gasteiger partial charge in [-0.25, -0.2) is 8.78 Å². The van der Waals surface area contributed by atoms with Gasteiger partial charge < -0.3 is 4.74 Å². The summed E-state index contributed by atoms with van der Waals surface area (Å²) in [6.45, 7) is 0.536. The van der Waals surface area contributed by atoms with E-state index in [1.54, 1.807) is 0 Å². The summed E-state index contributed by atoms with van der Waals surface area (Å²) in [5, 5.41) is 5.10. The van der Waals surface area contributed by atoms with Gasteiger partial charge in [0.15, 0.2) is 0 Å². The van der Waals surface area contributed by atoms with Gasteiger partial charge in [-0.3, -0.25) is 5.14 Å². The molecule has 1 aromatic carbocycles. The molecule has 70 valence electrons. The number of benzene rings is 1. The van der Waals surface area contributed by atoms with Crippen molar-refractivity contribution in [1.82, 2.24) is 0 Å². The highest BCUT2D eigenvalue weighted by Crippen LogP contribution is 2.33. The molecule has 1 aromatic rings. The molecule has 0 radical (unpaired) electrons. The van der Waals surface area contributed by atoms with E-state index >= 15 is 0 Å². The summed E-state index contributed by atoms with van der Waals surface area (Å²) < 4.78 is 31.1. The van der Waals surface area contributed by atoms with E-state index in [2.05, 4.69) is 0 Å². The number of epoxide rings is 1. The second-order valence-electron chi connectivity index (χ2n) is 2.75. The zero-order valence-corrected chi connectivity index (χ0v) is 7.41. The third-order valence-electron chi connectivity index (χ3n) is 1.84. The maximum atomic E-state index is 13.1. The van der Waals surface area contributed by atoms with Crippen LogP contribution in [-0.4, -0.2) is 6.61 Å². The Labute approximate surface area is 78.2 Å². The van der Waals surface area contributed by atoms with Gasteiger partial charge in [-0.2, -0.15) is 0 Å². The molecule has 0 spiro atoms. The summed E-state index contributed by atoms with van der Waals surface area (Å²) in [5.74, 6) is -1.25. The Kier molecular flexibility index (Phi) is 2.23. The number of halogens is 2. The Morgan fingerprint density at radius 3 is 2.31 bits per heavy atom. The maximum Gasteiger partial charge on any atom is 0.141 e. The van der Waals surface area contributed by atoms with Crippen LogP contribution in [-0.2, 0) is 4.74 Å². The van der Waals surface area contributed by atoms with E-state index in [9.17, 15) is 8.78 Å². The Morgan fingerprint density at radius 2 is 1.92 bits per heavy atom. The average molecular weight is 203 g/mol. The van der Waals surface area contributed by atoms with Gasteiger partial charge in [0.2, 0.25) is 0 Å². The molecule has 1 aliphatic heterocycles. The molecule has 0 aromatic heterocycles. The van der Waals surface area contributed by atoms with Crippen molar-refractivity contribution in [3.63, 3.8) is 0 Å². The molecule has 1 atom stereocenters.